The number of para-hydroxylation sites is 1. The Morgan fingerprint density at radius 2 is 1.41 bits per heavy atom. The van der Waals surface area contributed by atoms with Crippen molar-refractivity contribution in [1.82, 2.24) is 4.98 Å². The molecule has 0 atom stereocenters. The lowest BCUT2D eigenvalue weighted by atomic mass is 9.84. The zero-order chi connectivity index (χ0) is 22.2. The van der Waals surface area contributed by atoms with E-state index < -0.39 is 0 Å². The molecular formula is C27H16BrNO3. The standard InChI is InChI=1S/C14H7BrO2.C13H9NO/c15-11-7-3-6-10-12(11)14(17)9-5-2-1-4-8(9)13(10)16;15-13-7-3-6-12-10(13)8-9-4-1-2-5-11(9)14-12/h1-7H;1-6,8H,7H2. The Morgan fingerprint density at radius 3 is 2.22 bits per heavy atom. The molecule has 32 heavy (non-hydrogen) atoms. The van der Waals surface area contributed by atoms with Crippen molar-refractivity contribution in [1.29, 1.82) is 0 Å². The topological polar surface area (TPSA) is 64.1 Å². The average molecular weight is 482 g/mol. The van der Waals surface area contributed by atoms with Crippen LogP contribution in [0.1, 0.15) is 54.3 Å². The normalized spacial score (nSPS) is 13.7. The van der Waals surface area contributed by atoms with E-state index in [1.807, 2.05) is 42.5 Å². The Labute approximate surface area is 192 Å². The molecule has 0 N–H and O–H groups in total. The zero-order valence-corrected chi connectivity index (χ0v) is 18.4. The molecule has 4 aromatic rings. The van der Waals surface area contributed by atoms with Crippen LogP contribution in [0.15, 0.2) is 83.3 Å². The minimum Gasteiger partial charge on any atom is -0.294 e. The fourth-order valence-corrected chi connectivity index (χ4v) is 4.52. The van der Waals surface area contributed by atoms with Gasteiger partial charge in [0.15, 0.2) is 17.3 Å². The predicted molar refractivity (Wildman–Crippen MR) is 127 cm³/mol. The van der Waals surface area contributed by atoms with Crippen LogP contribution in [0.4, 0.5) is 0 Å². The molecule has 5 heteroatoms. The SMILES string of the molecule is O=C1CC=Cc2nc3ccccc3cc21.O=C1c2ccccc2C(=O)c2c(Br)cccc21. The number of Topliss-reactive ketones (excluding diaryl/α,β-unsaturated/α-hetero) is 1. The Bertz CT molecular complexity index is 1470. The number of ketones is 3. The molecule has 0 aliphatic heterocycles. The van der Waals surface area contributed by atoms with Gasteiger partial charge in [0.05, 0.1) is 11.2 Å². The van der Waals surface area contributed by atoms with Crippen LogP contribution >= 0.6 is 15.9 Å². The molecule has 0 saturated carbocycles. The summed E-state index contributed by atoms with van der Waals surface area (Å²) < 4.78 is 0.669. The molecule has 154 valence electrons. The number of fused-ring (bicyclic) bond motifs is 4. The molecule has 0 bridgehead atoms. The highest BCUT2D eigenvalue weighted by Gasteiger charge is 2.30. The minimum atomic E-state index is -0.0947. The second kappa shape index (κ2) is 8.09. The number of hydrogen-bond donors (Lipinski definition) is 0. The maximum atomic E-state index is 12.3. The number of hydrogen-bond acceptors (Lipinski definition) is 4. The van der Waals surface area contributed by atoms with Gasteiger partial charge in [0.2, 0.25) is 0 Å². The summed E-state index contributed by atoms with van der Waals surface area (Å²) in [6.07, 6.45) is 4.28. The highest BCUT2D eigenvalue weighted by molar-refractivity contribution is 9.10. The Hall–Kier alpha value is -3.70. The van der Waals surface area contributed by atoms with Crippen molar-refractivity contribution in [2.75, 3.05) is 0 Å². The molecule has 6 rings (SSSR count). The van der Waals surface area contributed by atoms with Crippen LogP contribution in [0.2, 0.25) is 0 Å². The molecule has 0 unspecified atom stereocenters. The Balaban J connectivity index is 0.000000136. The van der Waals surface area contributed by atoms with Crippen molar-refractivity contribution < 1.29 is 14.4 Å². The summed E-state index contributed by atoms with van der Waals surface area (Å²) in [7, 11) is 0. The van der Waals surface area contributed by atoms with Gasteiger partial charge in [-0.2, -0.15) is 0 Å². The van der Waals surface area contributed by atoms with Crippen LogP contribution in [0.5, 0.6) is 0 Å². The smallest absolute Gasteiger partial charge is 0.195 e. The van der Waals surface area contributed by atoms with E-state index in [9.17, 15) is 14.4 Å². The van der Waals surface area contributed by atoms with Gasteiger partial charge in [-0.05, 0) is 24.3 Å². The first-order valence-corrected chi connectivity index (χ1v) is 10.9. The lowest BCUT2D eigenvalue weighted by Crippen LogP contribution is -2.21. The number of pyridine rings is 1. The fourth-order valence-electron chi connectivity index (χ4n) is 3.97. The third kappa shape index (κ3) is 3.41. The van der Waals surface area contributed by atoms with E-state index in [0.29, 0.717) is 33.1 Å². The second-order valence-electron chi connectivity index (χ2n) is 7.51. The van der Waals surface area contributed by atoms with Crippen LogP contribution in [0.3, 0.4) is 0 Å². The first kappa shape index (κ1) is 20.2. The summed E-state index contributed by atoms with van der Waals surface area (Å²) in [5.41, 5.74) is 4.40. The Morgan fingerprint density at radius 1 is 0.719 bits per heavy atom. The number of rotatable bonds is 0. The summed E-state index contributed by atoms with van der Waals surface area (Å²) in [5, 5.41) is 1.03. The summed E-state index contributed by atoms with van der Waals surface area (Å²) in [6, 6.07) is 21.9. The van der Waals surface area contributed by atoms with Gasteiger partial charge in [-0.3, -0.25) is 14.4 Å². The number of carbonyl (C=O) groups excluding carboxylic acids is 3. The summed E-state index contributed by atoms with van der Waals surface area (Å²) in [4.78, 5) is 40.6. The molecule has 2 aliphatic rings. The predicted octanol–water partition coefficient (Wildman–Crippen LogP) is 6.06. The van der Waals surface area contributed by atoms with Gasteiger partial charge in [-0.1, -0.05) is 76.6 Å². The highest BCUT2D eigenvalue weighted by atomic mass is 79.9. The van der Waals surface area contributed by atoms with E-state index in [2.05, 4.69) is 20.9 Å². The van der Waals surface area contributed by atoms with Crippen molar-refractivity contribution in [3.63, 3.8) is 0 Å². The lowest BCUT2D eigenvalue weighted by Gasteiger charge is -2.17. The van der Waals surface area contributed by atoms with Crippen LogP contribution in [-0.4, -0.2) is 22.3 Å². The molecule has 1 heterocycles. The van der Waals surface area contributed by atoms with Gasteiger partial charge in [0, 0.05) is 44.1 Å². The minimum absolute atomic E-state index is 0.0866. The van der Waals surface area contributed by atoms with Crippen LogP contribution in [-0.2, 0) is 0 Å². The quantitative estimate of drug-likeness (QED) is 0.269. The number of nitrogens with zero attached hydrogens (tertiary/aromatic N) is 1. The molecule has 1 aromatic heterocycles. The van der Waals surface area contributed by atoms with Gasteiger partial charge in [-0.25, -0.2) is 4.98 Å². The summed E-state index contributed by atoms with van der Waals surface area (Å²) >= 11 is 3.33. The first-order valence-electron chi connectivity index (χ1n) is 10.1. The number of carbonyl (C=O) groups is 3. The lowest BCUT2D eigenvalue weighted by molar-refractivity contribution is 0.0978. The maximum Gasteiger partial charge on any atom is 0.195 e. The summed E-state index contributed by atoms with van der Waals surface area (Å²) in [6.45, 7) is 0. The first-order chi connectivity index (χ1) is 15.5. The van der Waals surface area contributed by atoms with Gasteiger partial charge in [0.25, 0.3) is 0 Å². The molecule has 4 nitrogen and oxygen atoms in total. The van der Waals surface area contributed by atoms with E-state index in [-0.39, 0.29) is 17.3 Å². The molecule has 0 fully saturated rings. The molecule has 3 aromatic carbocycles. The van der Waals surface area contributed by atoms with Gasteiger partial charge >= 0.3 is 0 Å². The van der Waals surface area contributed by atoms with Crippen molar-refractivity contribution in [2.24, 2.45) is 0 Å². The highest BCUT2D eigenvalue weighted by Crippen LogP contribution is 2.31. The third-order valence-corrected chi connectivity index (χ3v) is 6.20. The number of benzene rings is 3. The molecule has 0 amide bonds. The molecule has 0 saturated heterocycles. The average Bonchev–Trinajstić information content (AvgIpc) is 2.82. The van der Waals surface area contributed by atoms with E-state index in [1.165, 1.54) is 0 Å². The van der Waals surface area contributed by atoms with Gasteiger partial charge in [0.1, 0.15) is 0 Å². The van der Waals surface area contributed by atoms with Gasteiger partial charge in [-0.15, -0.1) is 0 Å². The number of halogens is 1. The monoisotopic (exact) mass is 481 g/mol. The molecule has 0 radical (unpaired) electrons. The third-order valence-electron chi connectivity index (χ3n) is 5.53. The Kier molecular flexibility index (Phi) is 5.11. The maximum absolute atomic E-state index is 12.3. The van der Waals surface area contributed by atoms with Crippen LogP contribution in [0.25, 0.3) is 17.0 Å². The van der Waals surface area contributed by atoms with Gasteiger partial charge < -0.3 is 0 Å². The fraction of sp³-hybridized carbons (Fsp3) is 0.0370. The van der Waals surface area contributed by atoms with E-state index in [4.69, 9.17) is 0 Å². The zero-order valence-electron chi connectivity index (χ0n) is 16.8. The number of aromatic nitrogens is 1. The molecule has 0 spiro atoms. The van der Waals surface area contributed by atoms with Crippen molar-refractivity contribution in [2.45, 2.75) is 6.42 Å². The van der Waals surface area contributed by atoms with Crippen LogP contribution < -0.4 is 0 Å². The largest absolute Gasteiger partial charge is 0.294 e. The summed E-state index contributed by atoms with van der Waals surface area (Å²) in [5.74, 6) is -0.0232. The van der Waals surface area contributed by atoms with E-state index in [0.717, 1.165) is 22.2 Å². The van der Waals surface area contributed by atoms with E-state index >= 15 is 0 Å². The van der Waals surface area contributed by atoms with Crippen molar-refractivity contribution >= 4 is 50.3 Å². The number of allylic oxidation sites excluding steroid dienone is 1. The van der Waals surface area contributed by atoms with Crippen molar-refractivity contribution in [3.05, 3.63) is 117 Å². The molecular weight excluding hydrogens is 466 g/mol. The molecule has 2 aliphatic carbocycles. The van der Waals surface area contributed by atoms with Crippen molar-refractivity contribution in [3.8, 4) is 0 Å². The second-order valence-corrected chi connectivity index (χ2v) is 8.36. The van der Waals surface area contributed by atoms with Crippen LogP contribution in [0, 0.1) is 0 Å². The van der Waals surface area contributed by atoms with E-state index in [1.54, 1.807) is 42.5 Å².